The molecule has 0 bridgehead atoms. The zero-order valence-corrected chi connectivity index (χ0v) is 16.5. The van der Waals surface area contributed by atoms with Crippen LogP contribution in [0.3, 0.4) is 0 Å². The van der Waals surface area contributed by atoms with Crippen LogP contribution in [-0.2, 0) is 14.8 Å². The quantitative estimate of drug-likeness (QED) is 0.497. The minimum Gasteiger partial charge on any atom is -0.301 e. The van der Waals surface area contributed by atoms with Crippen LogP contribution < -0.4 is 4.72 Å². The second-order valence-corrected chi connectivity index (χ2v) is 8.18. The predicted octanol–water partition coefficient (Wildman–Crippen LogP) is 3.73. The van der Waals surface area contributed by atoms with Crippen molar-refractivity contribution in [2.24, 2.45) is 0 Å². The number of aldehydes is 1. The smallest absolute Gasteiger partial charge is 0.242 e. The zero-order valence-electron chi connectivity index (χ0n) is 15.6. The molecular weight excluding hydrogens is 362 g/mol. The number of benzene rings is 2. The van der Waals surface area contributed by atoms with Crippen LogP contribution in [0.1, 0.15) is 55.5 Å². The van der Waals surface area contributed by atoms with E-state index in [0.29, 0.717) is 24.7 Å². The topological polar surface area (TPSA) is 80.3 Å². The summed E-state index contributed by atoms with van der Waals surface area (Å²) in [6.45, 7) is 3.75. The number of unbranched alkanes of at least 4 members (excludes halogenated alkanes) is 1. The van der Waals surface area contributed by atoms with Gasteiger partial charge in [0.1, 0.15) is 6.29 Å². The first-order valence-electron chi connectivity index (χ1n) is 9.08. The van der Waals surface area contributed by atoms with E-state index < -0.39 is 15.6 Å². The van der Waals surface area contributed by atoms with Crippen LogP contribution in [0, 0.1) is 0 Å². The highest BCUT2D eigenvalue weighted by molar-refractivity contribution is 7.89. The zero-order chi connectivity index (χ0) is 19.9. The maximum Gasteiger partial charge on any atom is 0.242 e. The molecule has 2 aromatic carbocycles. The van der Waals surface area contributed by atoms with Gasteiger partial charge in [-0.3, -0.25) is 4.79 Å². The molecule has 0 fully saturated rings. The minimum absolute atomic E-state index is 0.0857. The van der Waals surface area contributed by atoms with Crippen LogP contribution in [0.15, 0.2) is 59.5 Å². The van der Waals surface area contributed by atoms with E-state index in [1.807, 2.05) is 6.92 Å². The van der Waals surface area contributed by atoms with Gasteiger partial charge in [0.15, 0.2) is 5.78 Å². The summed E-state index contributed by atoms with van der Waals surface area (Å²) in [6.07, 6.45) is 2.99. The van der Waals surface area contributed by atoms with Gasteiger partial charge in [0.25, 0.3) is 0 Å². The van der Waals surface area contributed by atoms with Gasteiger partial charge in [-0.1, -0.05) is 69.2 Å². The van der Waals surface area contributed by atoms with Gasteiger partial charge in [0, 0.05) is 11.1 Å². The van der Waals surface area contributed by atoms with Gasteiger partial charge >= 0.3 is 0 Å². The summed E-state index contributed by atoms with van der Waals surface area (Å²) >= 11 is 0. The van der Waals surface area contributed by atoms with Crippen molar-refractivity contribution in [3.63, 3.8) is 0 Å². The Labute approximate surface area is 160 Å². The molecule has 0 aliphatic rings. The SMILES string of the molecule is CCCCC(C=O)(CC)NS(=O)(=O)c1ccccc1C(=O)c1ccccc1. The minimum atomic E-state index is -4.06. The van der Waals surface area contributed by atoms with Crippen LogP contribution in [0.25, 0.3) is 0 Å². The Balaban J connectivity index is 2.45. The summed E-state index contributed by atoms with van der Waals surface area (Å²) < 4.78 is 28.7. The van der Waals surface area contributed by atoms with Crippen LogP contribution in [0.5, 0.6) is 0 Å². The Kier molecular flexibility index (Phi) is 7.05. The van der Waals surface area contributed by atoms with E-state index >= 15 is 0 Å². The Morgan fingerprint density at radius 1 is 1.04 bits per heavy atom. The average Bonchev–Trinajstić information content (AvgIpc) is 2.71. The first-order valence-corrected chi connectivity index (χ1v) is 10.6. The van der Waals surface area contributed by atoms with Gasteiger partial charge in [0.05, 0.1) is 10.4 Å². The first-order chi connectivity index (χ1) is 12.9. The summed E-state index contributed by atoms with van der Waals surface area (Å²) in [4.78, 5) is 24.4. The maximum atomic E-state index is 13.1. The molecule has 1 atom stereocenters. The third kappa shape index (κ3) is 4.90. The molecule has 5 nitrogen and oxygen atoms in total. The van der Waals surface area contributed by atoms with E-state index in [-0.39, 0.29) is 16.2 Å². The number of hydrogen-bond acceptors (Lipinski definition) is 4. The number of carbonyl (C=O) groups is 2. The molecule has 0 saturated heterocycles. The van der Waals surface area contributed by atoms with Gasteiger partial charge < -0.3 is 4.79 Å². The second kappa shape index (κ2) is 9.06. The monoisotopic (exact) mass is 387 g/mol. The first kappa shape index (κ1) is 21.0. The van der Waals surface area contributed by atoms with Crippen LogP contribution in [0.4, 0.5) is 0 Å². The second-order valence-electron chi connectivity index (χ2n) is 6.53. The molecule has 0 heterocycles. The van der Waals surface area contributed by atoms with E-state index in [1.54, 1.807) is 49.4 Å². The summed E-state index contributed by atoms with van der Waals surface area (Å²) in [5.41, 5.74) is -0.677. The summed E-state index contributed by atoms with van der Waals surface area (Å²) in [6, 6.07) is 14.6. The third-order valence-electron chi connectivity index (χ3n) is 4.63. The Bertz CT molecular complexity index is 893. The van der Waals surface area contributed by atoms with Crippen molar-refractivity contribution in [1.29, 1.82) is 0 Å². The van der Waals surface area contributed by atoms with Gasteiger partial charge in [-0.15, -0.1) is 0 Å². The average molecular weight is 388 g/mol. The van der Waals surface area contributed by atoms with Crippen molar-refractivity contribution in [3.05, 3.63) is 65.7 Å². The highest BCUT2D eigenvalue weighted by Crippen LogP contribution is 2.24. The molecular formula is C21H25NO4S. The van der Waals surface area contributed by atoms with Gasteiger partial charge in [-0.2, -0.15) is 4.72 Å². The number of hydrogen-bond donors (Lipinski definition) is 1. The van der Waals surface area contributed by atoms with Crippen molar-refractivity contribution in [2.75, 3.05) is 0 Å². The van der Waals surface area contributed by atoms with Crippen molar-refractivity contribution < 1.29 is 18.0 Å². The fraction of sp³-hybridized carbons (Fsp3) is 0.333. The van der Waals surface area contributed by atoms with Crippen LogP contribution in [0.2, 0.25) is 0 Å². The number of sulfonamides is 1. The van der Waals surface area contributed by atoms with E-state index in [4.69, 9.17) is 0 Å². The normalized spacial score (nSPS) is 13.7. The fourth-order valence-corrected chi connectivity index (χ4v) is 4.56. The van der Waals surface area contributed by atoms with Crippen LogP contribution in [-0.4, -0.2) is 26.0 Å². The fourth-order valence-electron chi connectivity index (χ4n) is 2.91. The molecule has 0 aliphatic heterocycles. The van der Waals surface area contributed by atoms with E-state index in [0.717, 1.165) is 12.8 Å². The molecule has 1 N–H and O–H groups in total. The maximum absolute atomic E-state index is 13.1. The molecule has 144 valence electrons. The number of carbonyl (C=O) groups excluding carboxylic acids is 2. The largest absolute Gasteiger partial charge is 0.301 e. The molecule has 6 heteroatoms. The van der Waals surface area contributed by atoms with Gasteiger partial charge in [-0.05, 0) is 25.0 Å². The van der Waals surface area contributed by atoms with Crippen molar-refractivity contribution >= 4 is 22.1 Å². The lowest BCUT2D eigenvalue weighted by molar-refractivity contribution is -0.113. The number of ketones is 1. The molecule has 2 rings (SSSR count). The lowest BCUT2D eigenvalue weighted by atomic mass is 9.93. The number of rotatable bonds is 10. The Hall–Kier alpha value is -2.31. The molecule has 2 aromatic rings. The van der Waals surface area contributed by atoms with Crippen molar-refractivity contribution in [3.8, 4) is 0 Å². The molecule has 0 aromatic heterocycles. The van der Waals surface area contributed by atoms with Gasteiger partial charge in [0.2, 0.25) is 10.0 Å². The number of nitrogens with one attached hydrogen (secondary N) is 1. The Morgan fingerprint density at radius 2 is 1.67 bits per heavy atom. The lowest BCUT2D eigenvalue weighted by Gasteiger charge is -2.28. The molecule has 0 aliphatic carbocycles. The molecule has 0 spiro atoms. The summed E-state index contributed by atoms with van der Waals surface area (Å²) in [5.74, 6) is -0.377. The van der Waals surface area contributed by atoms with E-state index in [1.165, 1.54) is 12.1 Å². The molecule has 27 heavy (non-hydrogen) atoms. The molecule has 0 radical (unpaired) electrons. The van der Waals surface area contributed by atoms with E-state index in [9.17, 15) is 18.0 Å². The van der Waals surface area contributed by atoms with Crippen molar-refractivity contribution in [1.82, 2.24) is 4.72 Å². The predicted molar refractivity (Wildman–Crippen MR) is 105 cm³/mol. The molecule has 0 amide bonds. The third-order valence-corrected chi connectivity index (χ3v) is 6.24. The molecule has 1 unspecified atom stereocenters. The van der Waals surface area contributed by atoms with Crippen LogP contribution >= 0.6 is 0 Å². The summed E-state index contributed by atoms with van der Waals surface area (Å²) in [5, 5.41) is 0. The van der Waals surface area contributed by atoms with Crippen molar-refractivity contribution in [2.45, 2.75) is 50.0 Å². The Morgan fingerprint density at radius 3 is 2.26 bits per heavy atom. The standard InChI is InChI=1S/C21H25NO4S/c1-3-5-15-21(4-2,16-23)22-27(25,26)19-14-10-9-13-18(19)20(24)17-11-7-6-8-12-17/h6-14,16,22H,3-5,15H2,1-2H3. The molecule has 0 saturated carbocycles. The van der Waals surface area contributed by atoms with E-state index in [2.05, 4.69) is 4.72 Å². The summed E-state index contributed by atoms with van der Waals surface area (Å²) in [7, 11) is -4.06. The highest BCUT2D eigenvalue weighted by atomic mass is 32.2. The highest BCUT2D eigenvalue weighted by Gasteiger charge is 2.34. The lowest BCUT2D eigenvalue weighted by Crippen LogP contribution is -2.49. The van der Waals surface area contributed by atoms with Gasteiger partial charge in [-0.25, -0.2) is 8.42 Å².